The highest BCUT2D eigenvalue weighted by Gasteiger charge is 2.10. The Morgan fingerprint density at radius 2 is 1.94 bits per heavy atom. The topological polar surface area (TPSA) is 12.0 Å². The molecule has 1 N–H and O–H groups in total. The van der Waals surface area contributed by atoms with Gasteiger partial charge in [0.15, 0.2) is 0 Å². The second-order valence-electron chi connectivity index (χ2n) is 4.97. The molecule has 0 saturated carbocycles. The van der Waals surface area contributed by atoms with E-state index in [2.05, 4.69) is 59.4 Å². The normalized spacial score (nSPS) is 12.6. The average molecular weight is 312 g/mol. The lowest BCUT2D eigenvalue weighted by molar-refractivity contribution is 0.428. The summed E-state index contributed by atoms with van der Waals surface area (Å²) in [6, 6.07) is 8.61. The molecule has 0 spiro atoms. The molecular formula is C16H26BrN. The molecule has 1 aromatic rings. The summed E-state index contributed by atoms with van der Waals surface area (Å²) in [7, 11) is 0. The summed E-state index contributed by atoms with van der Waals surface area (Å²) in [4.78, 5) is 0. The molecule has 0 aliphatic carbocycles. The van der Waals surface area contributed by atoms with E-state index < -0.39 is 0 Å². The van der Waals surface area contributed by atoms with Gasteiger partial charge in [-0.1, -0.05) is 67.2 Å². The van der Waals surface area contributed by atoms with E-state index in [4.69, 9.17) is 0 Å². The van der Waals surface area contributed by atoms with E-state index in [1.165, 1.54) is 42.1 Å². The standard InChI is InChI=1S/C16H26BrN/c1-3-5-6-9-14(13-18-4-2)12-15-10-7-8-11-16(15)17/h7-8,10-11,14,18H,3-6,9,12-13H2,1-2H3. The van der Waals surface area contributed by atoms with Crippen molar-refractivity contribution < 1.29 is 0 Å². The highest BCUT2D eigenvalue weighted by Crippen LogP contribution is 2.22. The maximum absolute atomic E-state index is 3.65. The van der Waals surface area contributed by atoms with Gasteiger partial charge in [-0.3, -0.25) is 0 Å². The van der Waals surface area contributed by atoms with Gasteiger partial charge < -0.3 is 5.32 Å². The summed E-state index contributed by atoms with van der Waals surface area (Å²) >= 11 is 3.65. The lowest BCUT2D eigenvalue weighted by Gasteiger charge is -2.18. The van der Waals surface area contributed by atoms with Crippen molar-refractivity contribution >= 4 is 15.9 Å². The Morgan fingerprint density at radius 1 is 1.17 bits per heavy atom. The summed E-state index contributed by atoms with van der Waals surface area (Å²) < 4.78 is 1.25. The van der Waals surface area contributed by atoms with Crippen LogP contribution in [-0.4, -0.2) is 13.1 Å². The number of benzene rings is 1. The van der Waals surface area contributed by atoms with Gasteiger partial charge in [-0.2, -0.15) is 0 Å². The van der Waals surface area contributed by atoms with Crippen LogP contribution >= 0.6 is 15.9 Å². The van der Waals surface area contributed by atoms with Crippen molar-refractivity contribution in [2.45, 2.75) is 46.0 Å². The van der Waals surface area contributed by atoms with Crippen LogP contribution in [0, 0.1) is 5.92 Å². The van der Waals surface area contributed by atoms with Gasteiger partial charge in [0.2, 0.25) is 0 Å². The third-order valence-corrected chi connectivity index (χ3v) is 4.14. The first-order chi connectivity index (χ1) is 8.77. The van der Waals surface area contributed by atoms with E-state index in [1.807, 2.05) is 0 Å². The Morgan fingerprint density at radius 3 is 2.61 bits per heavy atom. The van der Waals surface area contributed by atoms with Crippen LogP contribution in [0.15, 0.2) is 28.7 Å². The van der Waals surface area contributed by atoms with Crippen molar-refractivity contribution in [3.05, 3.63) is 34.3 Å². The van der Waals surface area contributed by atoms with Gasteiger partial charge in [-0.15, -0.1) is 0 Å². The van der Waals surface area contributed by atoms with Crippen LogP contribution in [0.2, 0.25) is 0 Å². The number of hydrogen-bond donors (Lipinski definition) is 1. The summed E-state index contributed by atoms with van der Waals surface area (Å²) in [5, 5.41) is 3.50. The maximum atomic E-state index is 3.65. The number of unbranched alkanes of at least 4 members (excludes halogenated alkanes) is 2. The first-order valence-electron chi connectivity index (χ1n) is 7.22. The predicted octanol–water partition coefficient (Wildman–Crippen LogP) is 4.80. The van der Waals surface area contributed by atoms with E-state index in [0.29, 0.717) is 0 Å². The molecule has 1 nitrogen and oxygen atoms in total. The van der Waals surface area contributed by atoms with Gasteiger partial charge in [-0.25, -0.2) is 0 Å². The minimum absolute atomic E-state index is 0.759. The lowest BCUT2D eigenvalue weighted by Crippen LogP contribution is -2.24. The van der Waals surface area contributed by atoms with Crippen LogP contribution in [0.25, 0.3) is 0 Å². The molecule has 102 valence electrons. The zero-order chi connectivity index (χ0) is 13.2. The van der Waals surface area contributed by atoms with Gasteiger partial charge in [-0.05, 0) is 43.5 Å². The smallest absolute Gasteiger partial charge is 0.0207 e. The molecule has 0 aliphatic heterocycles. The Balaban J connectivity index is 2.51. The molecule has 0 aliphatic rings. The quantitative estimate of drug-likeness (QED) is 0.646. The van der Waals surface area contributed by atoms with Gasteiger partial charge >= 0.3 is 0 Å². The van der Waals surface area contributed by atoms with Crippen molar-refractivity contribution in [1.82, 2.24) is 5.32 Å². The minimum atomic E-state index is 0.759. The fourth-order valence-corrected chi connectivity index (χ4v) is 2.73. The third kappa shape index (κ3) is 6.01. The molecule has 0 saturated heterocycles. The van der Waals surface area contributed by atoms with Crippen molar-refractivity contribution in [2.75, 3.05) is 13.1 Å². The monoisotopic (exact) mass is 311 g/mol. The van der Waals surface area contributed by atoms with Crippen LogP contribution in [-0.2, 0) is 6.42 Å². The molecule has 1 rings (SSSR count). The second kappa shape index (κ2) is 9.57. The number of hydrogen-bond acceptors (Lipinski definition) is 1. The fourth-order valence-electron chi connectivity index (χ4n) is 2.28. The zero-order valence-corrected chi connectivity index (χ0v) is 13.3. The highest BCUT2D eigenvalue weighted by atomic mass is 79.9. The van der Waals surface area contributed by atoms with Crippen LogP contribution in [0.4, 0.5) is 0 Å². The number of nitrogens with one attached hydrogen (secondary N) is 1. The molecule has 0 amide bonds. The molecule has 2 heteroatoms. The summed E-state index contributed by atoms with van der Waals surface area (Å²) in [5.74, 6) is 0.759. The SMILES string of the molecule is CCCCCC(CNCC)Cc1ccccc1Br. The van der Waals surface area contributed by atoms with Gasteiger partial charge in [0, 0.05) is 4.47 Å². The molecule has 1 unspecified atom stereocenters. The molecule has 0 fully saturated rings. The third-order valence-electron chi connectivity index (χ3n) is 3.37. The fraction of sp³-hybridized carbons (Fsp3) is 0.625. The first-order valence-corrected chi connectivity index (χ1v) is 8.01. The molecule has 1 atom stereocenters. The summed E-state index contributed by atoms with van der Waals surface area (Å²) in [6.45, 7) is 6.66. The molecule has 0 aromatic heterocycles. The second-order valence-corrected chi connectivity index (χ2v) is 5.82. The van der Waals surface area contributed by atoms with Crippen molar-refractivity contribution in [2.24, 2.45) is 5.92 Å². The van der Waals surface area contributed by atoms with Gasteiger partial charge in [0.05, 0.1) is 0 Å². The zero-order valence-electron chi connectivity index (χ0n) is 11.7. The molecule has 18 heavy (non-hydrogen) atoms. The summed E-state index contributed by atoms with van der Waals surface area (Å²) in [5.41, 5.74) is 1.44. The Hall–Kier alpha value is -0.340. The van der Waals surface area contributed by atoms with E-state index >= 15 is 0 Å². The van der Waals surface area contributed by atoms with Gasteiger partial charge in [0.1, 0.15) is 0 Å². The average Bonchev–Trinajstić information content (AvgIpc) is 2.38. The van der Waals surface area contributed by atoms with Crippen LogP contribution in [0.3, 0.4) is 0 Å². The predicted molar refractivity (Wildman–Crippen MR) is 84.0 cm³/mol. The minimum Gasteiger partial charge on any atom is -0.317 e. The lowest BCUT2D eigenvalue weighted by atomic mass is 9.93. The van der Waals surface area contributed by atoms with Crippen LogP contribution < -0.4 is 5.32 Å². The van der Waals surface area contributed by atoms with E-state index in [1.54, 1.807) is 0 Å². The largest absolute Gasteiger partial charge is 0.317 e. The number of halogens is 1. The molecule has 1 aromatic carbocycles. The highest BCUT2D eigenvalue weighted by molar-refractivity contribution is 9.10. The van der Waals surface area contributed by atoms with Crippen LogP contribution in [0.1, 0.15) is 45.1 Å². The maximum Gasteiger partial charge on any atom is 0.0207 e. The van der Waals surface area contributed by atoms with E-state index in [0.717, 1.165) is 19.0 Å². The Kier molecular flexibility index (Phi) is 8.36. The Labute approximate surface area is 120 Å². The van der Waals surface area contributed by atoms with Gasteiger partial charge in [0.25, 0.3) is 0 Å². The molecule has 0 bridgehead atoms. The molecular weight excluding hydrogens is 286 g/mol. The first kappa shape index (κ1) is 15.7. The van der Waals surface area contributed by atoms with E-state index in [9.17, 15) is 0 Å². The number of rotatable bonds is 9. The van der Waals surface area contributed by atoms with Crippen molar-refractivity contribution in [1.29, 1.82) is 0 Å². The van der Waals surface area contributed by atoms with Crippen LogP contribution in [0.5, 0.6) is 0 Å². The Bertz CT molecular complexity index is 325. The summed E-state index contributed by atoms with van der Waals surface area (Å²) in [6.07, 6.45) is 6.54. The molecule has 0 heterocycles. The molecule has 0 radical (unpaired) electrons. The van der Waals surface area contributed by atoms with Crippen molar-refractivity contribution in [3.63, 3.8) is 0 Å². The van der Waals surface area contributed by atoms with E-state index in [-0.39, 0.29) is 0 Å². The van der Waals surface area contributed by atoms with Crippen molar-refractivity contribution in [3.8, 4) is 0 Å².